The van der Waals surface area contributed by atoms with Crippen LogP contribution in [-0.2, 0) is 24.2 Å². The molecule has 5 N–H and O–H groups in total. The number of carbonyl (C=O) groups excluding carboxylic acids is 2. The molecule has 2 amide bonds. The van der Waals surface area contributed by atoms with E-state index in [0.717, 1.165) is 11.1 Å². The number of hydrogen-bond acceptors (Lipinski definition) is 9. The topological polar surface area (TPSA) is 186 Å². The molecule has 186 valence electrons. The van der Waals surface area contributed by atoms with E-state index in [0.29, 0.717) is 31.5 Å². The number of halogens is 1. The molecule has 0 aromatic heterocycles. The molecule has 0 aliphatic carbocycles. The molecule has 0 radical (unpaired) electrons. The Labute approximate surface area is 200 Å². The smallest absolute Gasteiger partial charge is 0.328 e. The molecule has 34 heavy (non-hydrogen) atoms. The Kier molecular flexibility index (Phi) is 7.26. The minimum absolute atomic E-state index is 0.00882. The van der Waals surface area contributed by atoms with Crippen LogP contribution >= 0.6 is 11.6 Å². The van der Waals surface area contributed by atoms with Crippen LogP contribution in [0.15, 0.2) is 17.2 Å². The van der Waals surface area contributed by atoms with Crippen LogP contribution < -0.4 is 10.7 Å². The number of phenols is 2. The van der Waals surface area contributed by atoms with E-state index < -0.39 is 49.5 Å². The summed E-state index contributed by atoms with van der Waals surface area (Å²) in [4.78, 5) is 36.3. The molecule has 2 aliphatic rings. The van der Waals surface area contributed by atoms with Crippen LogP contribution in [0, 0.1) is 0 Å². The number of sulfone groups is 1. The highest BCUT2D eigenvalue weighted by atomic mass is 35.5. The van der Waals surface area contributed by atoms with E-state index in [2.05, 4.69) is 15.8 Å². The molecule has 14 heteroatoms. The summed E-state index contributed by atoms with van der Waals surface area (Å²) in [6.45, 7) is 1.68. The van der Waals surface area contributed by atoms with E-state index in [1.165, 1.54) is 19.1 Å². The van der Waals surface area contributed by atoms with Crippen molar-refractivity contribution in [2.45, 2.75) is 55.2 Å². The van der Waals surface area contributed by atoms with Gasteiger partial charge in [-0.05, 0) is 31.9 Å². The summed E-state index contributed by atoms with van der Waals surface area (Å²) in [5.41, 5.74) is 2.68. The number of nitrogens with one attached hydrogen (secondary N) is 2. The fourth-order valence-electron chi connectivity index (χ4n) is 3.99. The second-order valence-corrected chi connectivity index (χ2v) is 11.1. The summed E-state index contributed by atoms with van der Waals surface area (Å²) in [5, 5.41) is 34.0. The molecular weight excluding hydrogens is 492 g/mol. The second-order valence-electron chi connectivity index (χ2n) is 8.25. The first-order chi connectivity index (χ1) is 15.9. The quantitative estimate of drug-likeness (QED) is 0.0755. The molecule has 1 aromatic rings. The SMILES string of the molecule is C[C@]1(/C=N/NC(=O)CCCCCNc2ccc(O)c(O)c2Cl)[C@H](C(=O)O)N2C(=O)C[C@H]2S1(=O)=O. The second kappa shape index (κ2) is 9.66. The monoisotopic (exact) mass is 516 g/mol. The van der Waals surface area contributed by atoms with Crippen LogP contribution in [0.25, 0.3) is 0 Å². The predicted molar refractivity (Wildman–Crippen MR) is 122 cm³/mol. The van der Waals surface area contributed by atoms with Crippen molar-refractivity contribution in [3.05, 3.63) is 17.2 Å². The van der Waals surface area contributed by atoms with Crippen molar-refractivity contribution < 1.29 is 38.1 Å². The van der Waals surface area contributed by atoms with E-state index in [1.54, 1.807) is 0 Å². The van der Waals surface area contributed by atoms with Gasteiger partial charge in [0.2, 0.25) is 11.8 Å². The van der Waals surface area contributed by atoms with Crippen molar-refractivity contribution in [1.82, 2.24) is 10.3 Å². The van der Waals surface area contributed by atoms with Gasteiger partial charge < -0.3 is 25.5 Å². The third kappa shape index (κ3) is 4.49. The number of hydrazone groups is 1. The first-order valence-corrected chi connectivity index (χ1v) is 12.4. The normalized spacial score (nSPS) is 25.1. The number of aliphatic carboxylic acids is 1. The minimum atomic E-state index is -4.03. The fraction of sp³-hybridized carbons (Fsp3) is 0.500. The Morgan fingerprint density at radius 3 is 2.65 bits per heavy atom. The number of aromatic hydroxyl groups is 2. The molecule has 3 rings (SSSR count). The molecule has 3 atom stereocenters. The van der Waals surface area contributed by atoms with E-state index in [4.69, 9.17) is 11.6 Å². The molecule has 2 saturated heterocycles. The number of nitrogens with zero attached hydrogens (tertiary/aromatic N) is 2. The van der Waals surface area contributed by atoms with Gasteiger partial charge >= 0.3 is 5.97 Å². The van der Waals surface area contributed by atoms with Crippen LogP contribution in [-0.4, -0.2) is 75.3 Å². The van der Waals surface area contributed by atoms with Crippen molar-refractivity contribution in [3.8, 4) is 11.5 Å². The number of unbranched alkanes of at least 4 members (excludes halogenated alkanes) is 2. The van der Waals surface area contributed by atoms with Crippen LogP contribution in [0.5, 0.6) is 11.5 Å². The Balaban J connectivity index is 1.44. The lowest BCUT2D eigenvalue weighted by Gasteiger charge is -2.35. The number of rotatable bonds is 10. The van der Waals surface area contributed by atoms with Gasteiger partial charge in [-0.3, -0.25) is 9.59 Å². The van der Waals surface area contributed by atoms with Gasteiger partial charge in [0.05, 0.1) is 12.1 Å². The number of carbonyl (C=O) groups is 3. The summed E-state index contributed by atoms with van der Waals surface area (Å²) >= 11 is 5.93. The average molecular weight is 517 g/mol. The summed E-state index contributed by atoms with van der Waals surface area (Å²) in [6, 6.07) is 1.23. The number of hydrogen-bond donors (Lipinski definition) is 5. The van der Waals surface area contributed by atoms with Crippen molar-refractivity contribution in [2.75, 3.05) is 11.9 Å². The standard InChI is InChI=1S/C20H25ClN4O8S/c1-20(18(19(30)31)25-14(28)9-15(25)34(20,32)33)10-23-24-13(27)5-3-2-4-8-22-11-6-7-12(26)17(29)16(11)21/h6-7,10,15,18,22,26,29H,2-5,8-9H2,1H3,(H,24,27)(H,30,31)/b23-10+/t15-,18+,20+/m1/s1. The zero-order valence-corrected chi connectivity index (χ0v) is 19.8. The van der Waals surface area contributed by atoms with Crippen LogP contribution in [0.2, 0.25) is 5.02 Å². The highest BCUT2D eigenvalue weighted by Crippen LogP contribution is 2.45. The summed E-state index contributed by atoms with van der Waals surface area (Å²) < 4.78 is 23.5. The van der Waals surface area contributed by atoms with Gasteiger partial charge in [0, 0.05) is 19.2 Å². The van der Waals surface area contributed by atoms with Crippen molar-refractivity contribution in [3.63, 3.8) is 0 Å². The maximum absolute atomic E-state index is 12.7. The van der Waals surface area contributed by atoms with Gasteiger partial charge in [-0.1, -0.05) is 18.0 Å². The number of phenolic OH excluding ortho intramolecular Hbond substituents is 2. The highest BCUT2D eigenvalue weighted by molar-refractivity contribution is 7.94. The molecule has 0 unspecified atom stereocenters. The first kappa shape index (κ1) is 25.6. The number of amides is 2. The molecule has 2 aliphatic heterocycles. The molecule has 12 nitrogen and oxygen atoms in total. The Hall–Kier alpha value is -3.06. The molecule has 0 bridgehead atoms. The molecular formula is C20H25ClN4O8S. The van der Waals surface area contributed by atoms with Crippen molar-refractivity contribution in [1.29, 1.82) is 0 Å². The Morgan fingerprint density at radius 2 is 2.00 bits per heavy atom. The van der Waals surface area contributed by atoms with Gasteiger partial charge in [0.15, 0.2) is 27.4 Å². The van der Waals surface area contributed by atoms with Crippen LogP contribution in [0.3, 0.4) is 0 Å². The number of β-lactam (4-membered cyclic amide) rings is 1. The molecule has 0 saturated carbocycles. The van der Waals surface area contributed by atoms with Gasteiger partial charge in [-0.25, -0.2) is 18.6 Å². The molecule has 1 aromatic carbocycles. The van der Waals surface area contributed by atoms with E-state index in [9.17, 15) is 38.1 Å². The number of carboxylic acid groups (broad SMARTS) is 1. The van der Waals surface area contributed by atoms with E-state index in [-0.39, 0.29) is 23.6 Å². The molecule has 2 heterocycles. The number of anilines is 1. The Morgan fingerprint density at radius 1 is 1.29 bits per heavy atom. The zero-order valence-electron chi connectivity index (χ0n) is 18.2. The van der Waals surface area contributed by atoms with Crippen LogP contribution in [0.4, 0.5) is 5.69 Å². The van der Waals surface area contributed by atoms with Gasteiger partial charge in [-0.2, -0.15) is 5.10 Å². The lowest BCUT2D eigenvalue weighted by atomic mass is 9.97. The number of benzene rings is 1. The summed E-state index contributed by atoms with van der Waals surface area (Å²) in [7, 11) is -4.03. The minimum Gasteiger partial charge on any atom is -0.504 e. The third-order valence-corrected chi connectivity index (χ3v) is 9.02. The van der Waals surface area contributed by atoms with Gasteiger partial charge in [0.25, 0.3) is 0 Å². The van der Waals surface area contributed by atoms with Crippen molar-refractivity contribution in [2.24, 2.45) is 5.10 Å². The van der Waals surface area contributed by atoms with E-state index in [1.807, 2.05) is 0 Å². The molecule has 0 spiro atoms. The van der Waals surface area contributed by atoms with Crippen molar-refractivity contribution >= 4 is 51.1 Å². The average Bonchev–Trinajstić information content (AvgIpc) is 2.90. The Bertz CT molecular complexity index is 1140. The van der Waals surface area contributed by atoms with Gasteiger partial charge in [0.1, 0.15) is 15.1 Å². The molecule has 2 fully saturated rings. The van der Waals surface area contributed by atoms with Crippen LogP contribution in [0.1, 0.15) is 39.0 Å². The third-order valence-electron chi connectivity index (χ3n) is 5.97. The number of fused-ring (bicyclic) bond motifs is 1. The fourth-order valence-corrected chi connectivity index (χ4v) is 6.43. The predicted octanol–water partition coefficient (Wildman–Crippen LogP) is 1.02. The highest BCUT2D eigenvalue weighted by Gasteiger charge is 2.69. The lowest BCUT2D eigenvalue weighted by Crippen LogP contribution is -2.57. The summed E-state index contributed by atoms with van der Waals surface area (Å²) in [5.74, 6) is -3.21. The zero-order chi connectivity index (χ0) is 25.3. The lowest BCUT2D eigenvalue weighted by molar-refractivity contribution is -0.156. The van der Waals surface area contributed by atoms with Gasteiger partial charge in [-0.15, -0.1) is 0 Å². The first-order valence-electron chi connectivity index (χ1n) is 10.5. The maximum atomic E-state index is 12.7. The van der Waals surface area contributed by atoms with E-state index >= 15 is 0 Å². The summed E-state index contributed by atoms with van der Waals surface area (Å²) in [6.07, 6.45) is 2.57. The number of carboxylic acids is 1. The maximum Gasteiger partial charge on any atom is 0.328 e. The largest absolute Gasteiger partial charge is 0.504 e.